The molecule has 2 unspecified atom stereocenters. The number of ketones is 1. The summed E-state index contributed by atoms with van der Waals surface area (Å²) in [6, 6.07) is -1.13. The fraction of sp³-hybridized carbons (Fsp3) is 0.792. The van der Waals surface area contributed by atoms with Crippen LogP contribution < -0.4 is 5.32 Å². The van der Waals surface area contributed by atoms with E-state index in [0.29, 0.717) is 0 Å². The number of amides is 1. The van der Waals surface area contributed by atoms with E-state index in [9.17, 15) is 29.1 Å². The van der Waals surface area contributed by atoms with Crippen molar-refractivity contribution in [3.05, 3.63) is 0 Å². The molecule has 0 saturated carbocycles. The van der Waals surface area contributed by atoms with Crippen LogP contribution in [0.3, 0.4) is 0 Å². The summed E-state index contributed by atoms with van der Waals surface area (Å²) in [5.74, 6) is -5.21. The molecule has 0 spiro atoms. The second-order valence-electron chi connectivity index (χ2n) is 10.8. The Kier molecular flexibility index (Phi) is 11.8. The number of nitrogens with one attached hydrogen (secondary N) is 1. The number of carbonyl (C=O) groups is 5. The van der Waals surface area contributed by atoms with Gasteiger partial charge in [0.1, 0.15) is 23.0 Å². The molecule has 2 N–H and O–H groups in total. The summed E-state index contributed by atoms with van der Waals surface area (Å²) >= 11 is 0. The van der Waals surface area contributed by atoms with Crippen molar-refractivity contribution in [2.75, 3.05) is 0 Å². The van der Waals surface area contributed by atoms with Gasteiger partial charge in [0.05, 0.1) is 6.42 Å². The standard InChI is InChI=1S/C24H41NO8/c1-14(2)20(22(30)31)25-21(29)16(10-11-18(27)32-23(4,5)6)13-17(26)15(3)12-19(28)33-24(7,8)9/h14-16,20H,10-13H2,1-9H3,(H,25,29)(H,30,31)/t15?,16?,20-/m1/s1. The lowest BCUT2D eigenvalue weighted by Gasteiger charge is -2.24. The number of carbonyl (C=O) groups excluding carboxylic acids is 4. The minimum atomic E-state index is -1.19. The molecule has 0 aliphatic rings. The summed E-state index contributed by atoms with van der Waals surface area (Å²) in [6.45, 7) is 15.2. The summed E-state index contributed by atoms with van der Waals surface area (Å²) < 4.78 is 10.5. The molecule has 0 radical (unpaired) electrons. The van der Waals surface area contributed by atoms with Crippen LogP contribution in [-0.2, 0) is 33.4 Å². The van der Waals surface area contributed by atoms with Gasteiger partial charge in [0.15, 0.2) is 0 Å². The van der Waals surface area contributed by atoms with E-state index in [0.717, 1.165) is 0 Å². The van der Waals surface area contributed by atoms with Gasteiger partial charge in [-0.2, -0.15) is 0 Å². The van der Waals surface area contributed by atoms with Crippen molar-refractivity contribution >= 4 is 29.6 Å². The fourth-order valence-electron chi connectivity index (χ4n) is 2.99. The Bertz CT molecular complexity index is 715. The van der Waals surface area contributed by atoms with E-state index in [1.54, 1.807) is 62.3 Å². The van der Waals surface area contributed by atoms with Gasteiger partial charge in [0, 0.05) is 24.7 Å². The highest BCUT2D eigenvalue weighted by atomic mass is 16.6. The van der Waals surface area contributed by atoms with Gasteiger partial charge in [-0.25, -0.2) is 4.79 Å². The van der Waals surface area contributed by atoms with Crippen LogP contribution in [0.5, 0.6) is 0 Å². The van der Waals surface area contributed by atoms with Gasteiger partial charge in [0.25, 0.3) is 0 Å². The number of esters is 2. The molecule has 0 fully saturated rings. The van der Waals surface area contributed by atoms with Crippen molar-refractivity contribution in [1.29, 1.82) is 0 Å². The van der Waals surface area contributed by atoms with Crippen LogP contribution in [0.15, 0.2) is 0 Å². The predicted molar refractivity (Wildman–Crippen MR) is 122 cm³/mol. The van der Waals surface area contributed by atoms with Gasteiger partial charge >= 0.3 is 17.9 Å². The molecule has 0 rings (SSSR count). The molecule has 1 amide bonds. The molecule has 0 bridgehead atoms. The number of hydrogen-bond acceptors (Lipinski definition) is 7. The summed E-state index contributed by atoms with van der Waals surface area (Å²) in [7, 11) is 0. The van der Waals surface area contributed by atoms with Crippen molar-refractivity contribution < 1.29 is 38.6 Å². The van der Waals surface area contributed by atoms with E-state index in [2.05, 4.69) is 5.32 Å². The van der Waals surface area contributed by atoms with Crippen LogP contribution in [0.4, 0.5) is 0 Å². The molecule has 0 aromatic rings. The van der Waals surface area contributed by atoms with Gasteiger partial charge in [-0.15, -0.1) is 0 Å². The zero-order valence-corrected chi connectivity index (χ0v) is 21.4. The van der Waals surface area contributed by atoms with Crippen molar-refractivity contribution in [3.8, 4) is 0 Å². The van der Waals surface area contributed by atoms with Crippen molar-refractivity contribution in [2.45, 2.75) is 105 Å². The summed E-state index contributed by atoms with van der Waals surface area (Å²) in [5.41, 5.74) is -1.38. The van der Waals surface area contributed by atoms with E-state index in [-0.39, 0.29) is 37.4 Å². The first-order valence-corrected chi connectivity index (χ1v) is 11.3. The molecule has 190 valence electrons. The molecule has 33 heavy (non-hydrogen) atoms. The first-order chi connectivity index (χ1) is 14.8. The number of carboxylic acids is 1. The van der Waals surface area contributed by atoms with E-state index in [4.69, 9.17) is 9.47 Å². The van der Waals surface area contributed by atoms with E-state index >= 15 is 0 Å². The quantitative estimate of drug-likeness (QED) is 0.414. The van der Waals surface area contributed by atoms with Gasteiger partial charge in [-0.3, -0.25) is 19.2 Å². The SMILES string of the molecule is CC(CC(=O)OC(C)(C)C)C(=O)CC(CCC(=O)OC(C)(C)C)C(=O)N[C@@H](C(=O)O)C(C)C. The van der Waals surface area contributed by atoms with Crippen LogP contribution in [0.2, 0.25) is 0 Å². The maximum atomic E-state index is 12.9. The molecule has 0 saturated heterocycles. The van der Waals surface area contributed by atoms with E-state index < -0.39 is 52.9 Å². The summed E-state index contributed by atoms with van der Waals surface area (Å²) in [6.07, 6.45) is -0.470. The van der Waals surface area contributed by atoms with Crippen LogP contribution >= 0.6 is 0 Å². The second-order valence-corrected chi connectivity index (χ2v) is 10.8. The highest BCUT2D eigenvalue weighted by Gasteiger charge is 2.31. The zero-order chi connectivity index (χ0) is 26.1. The monoisotopic (exact) mass is 471 g/mol. The number of rotatable bonds is 12. The Labute approximate surface area is 197 Å². The first-order valence-electron chi connectivity index (χ1n) is 11.3. The Morgan fingerprint density at radius 2 is 1.30 bits per heavy atom. The lowest BCUT2D eigenvalue weighted by molar-refractivity contribution is -0.157. The average molecular weight is 472 g/mol. The molecular formula is C24H41NO8. The zero-order valence-electron chi connectivity index (χ0n) is 21.4. The maximum Gasteiger partial charge on any atom is 0.326 e. The van der Waals surface area contributed by atoms with Crippen LogP contribution in [0.1, 0.15) is 88.0 Å². The lowest BCUT2D eigenvalue weighted by Crippen LogP contribution is -2.47. The smallest absolute Gasteiger partial charge is 0.326 e. The third-order valence-electron chi connectivity index (χ3n) is 4.61. The Balaban J connectivity index is 5.36. The lowest BCUT2D eigenvalue weighted by atomic mass is 9.89. The number of aliphatic carboxylic acids is 1. The third kappa shape index (κ3) is 13.6. The number of ether oxygens (including phenoxy) is 2. The highest BCUT2D eigenvalue weighted by molar-refractivity contribution is 5.91. The van der Waals surface area contributed by atoms with Crippen LogP contribution in [-0.4, -0.2) is 51.9 Å². The Hall–Kier alpha value is -2.45. The molecule has 0 aromatic carbocycles. The topological polar surface area (TPSA) is 136 Å². The van der Waals surface area contributed by atoms with E-state index in [1.807, 2.05) is 0 Å². The minimum Gasteiger partial charge on any atom is -0.480 e. The van der Waals surface area contributed by atoms with Gasteiger partial charge in [-0.05, 0) is 53.9 Å². The Morgan fingerprint density at radius 3 is 1.73 bits per heavy atom. The number of hydrogen-bond donors (Lipinski definition) is 2. The average Bonchev–Trinajstić information content (AvgIpc) is 2.58. The summed E-state index contributed by atoms with van der Waals surface area (Å²) in [5, 5.41) is 11.8. The normalized spacial score (nSPS) is 14.7. The van der Waals surface area contributed by atoms with Crippen molar-refractivity contribution in [2.24, 2.45) is 17.8 Å². The van der Waals surface area contributed by atoms with Crippen LogP contribution in [0.25, 0.3) is 0 Å². The maximum absolute atomic E-state index is 12.9. The predicted octanol–water partition coefficient (Wildman–Crippen LogP) is 3.28. The van der Waals surface area contributed by atoms with E-state index in [1.165, 1.54) is 0 Å². The molecule has 3 atom stereocenters. The van der Waals surface area contributed by atoms with Crippen LogP contribution in [0, 0.1) is 17.8 Å². The third-order valence-corrected chi connectivity index (χ3v) is 4.61. The molecule has 0 aliphatic heterocycles. The summed E-state index contributed by atoms with van der Waals surface area (Å²) in [4.78, 5) is 61.3. The number of carboxylic acid groups (broad SMARTS) is 1. The largest absolute Gasteiger partial charge is 0.480 e. The van der Waals surface area contributed by atoms with Gasteiger partial charge in [-0.1, -0.05) is 20.8 Å². The molecular weight excluding hydrogens is 430 g/mol. The molecule has 0 heterocycles. The first kappa shape index (κ1) is 30.6. The van der Waals surface area contributed by atoms with Gasteiger partial charge < -0.3 is 19.9 Å². The molecule has 9 heteroatoms. The Morgan fingerprint density at radius 1 is 0.818 bits per heavy atom. The molecule has 9 nitrogen and oxygen atoms in total. The number of Topliss-reactive ketones (excluding diaryl/α,β-unsaturated/α-hetero) is 1. The molecule has 0 aromatic heterocycles. The minimum absolute atomic E-state index is 0.01000. The highest BCUT2D eigenvalue weighted by Crippen LogP contribution is 2.21. The molecule has 0 aliphatic carbocycles. The van der Waals surface area contributed by atoms with Crippen molar-refractivity contribution in [1.82, 2.24) is 5.32 Å². The van der Waals surface area contributed by atoms with Crippen molar-refractivity contribution in [3.63, 3.8) is 0 Å². The van der Waals surface area contributed by atoms with Gasteiger partial charge in [0.2, 0.25) is 5.91 Å². The fourth-order valence-corrected chi connectivity index (χ4v) is 2.99. The second kappa shape index (κ2) is 12.7.